The molecule has 1 atom stereocenters. The number of carboxylic acids is 1. The average Bonchev–Trinajstić information content (AvgIpc) is 2.63. The number of rotatable bonds is 8. The topological polar surface area (TPSA) is 119 Å². The molecule has 0 bridgehead atoms. The second kappa shape index (κ2) is 8.94. The number of nitro benzene ring substituents is 1. The van der Waals surface area contributed by atoms with Crippen LogP contribution >= 0.6 is 0 Å². The van der Waals surface area contributed by atoms with Crippen molar-refractivity contribution in [3.8, 4) is 5.75 Å². The zero-order chi connectivity index (χ0) is 20.8. The van der Waals surface area contributed by atoms with Crippen molar-refractivity contribution < 1.29 is 28.7 Å². The SMILES string of the molecule is COc1ccccc1CC(CNC(=O)c1cc(F)cc(C)c1[N+](=O)[O-])C(=O)O. The number of nitrogens with one attached hydrogen (secondary N) is 1. The number of aryl methyl sites for hydroxylation is 1. The molecule has 148 valence electrons. The van der Waals surface area contributed by atoms with E-state index in [0.29, 0.717) is 11.3 Å². The van der Waals surface area contributed by atoms with Gasteiger partial charge >= 0.3 is 5.97 Å². The van der Waals surface area contributed by atoms with Crippen LogP contribution in [0.2, 0.25) is 0 Å². The summed E-state index contributed by atoms with van der Waals surface area (Å²) in [5, 5.41) is 23.0. The fourth-order valence-electron chi connectivity index (χ4n) is 2.85. The van der Waals surface area contributed by atoms with Gasteiger partial charge in [-0.15, -0.1) is 0 Å². The molecule has 0 heterocycles. The van der Waals surface area contributed by atoms with Crippen molar-refractivity contribution in [3.63, 3.8) is 0 Å². The average molecular weight is 390 g/mol. The normalized spacial score (nSPS) is 11.5. The first kappa shape index (κ1) is 20.8. The maximum absolute atomic E-state index is 13.6. The lowest BCUT2D eigenvalue weighted by molar-refractivity contribution is -0.385. The van der Waals surface area contributed by atoms with Crippen LogP contribution in [0.1, 0.15) is 21.5 Å². The first-order chi connectivity index (χ1) is 13.2. The van der Waals surface area contributed by atoms with E-state index in [0.717, 1.165) is 12.1 Å². The van der Waals surface area contributed by atoms with Gasteiger partial charge in [0.2, 0.25) is 0 Å². The number of hydrogen-bond acceptors (Lipinski definition) is 5. The Hall–Kier alpha value is -3.49. The van der Waals surface area contributed by atoms with Crippen LogP contribution in [0.5, 0.6) is 5.75 Å². The molecule has 1 amide bonds. The van der Waals surface area contributed by atoms with E-state index in [-0.39, 0.29) is 18.5 Å². The Morgan fingerprint density at radius 2 is 2.00 bits per heavy atom. The van der Waals surface area contributed by atoms with Crippen LogP contribution in [0.3, 0.4) is 0 Å². The van der Waals surface area contributed by atoms with E-state index < -0.39 is 39.8 Å². The lowest BCUT2D eigenvalue weighted by atomic mass is 9.98. The summed E-state index contributed by atoms with van der Waals surface area (Å²) in [4.78, 5) is 34.4. The summed E-state index contributed by atoms with van der Waals surface area (Å²) in [6, 6.07) is 8.58. The number of carboxylic acid groups (broad SMARTS) is 1. The summed E-state index contributed by atoms with van der Waals surface area (Å²) in [5.41, 5.74) is -0.336. The fourth-order valence-corrected chi connectivity index (χ4v) is 2.85. The Kier molecular flexibility index (Phi) is 6.64. The molecule has 9 heteroatoms. The van der Waals surface area contributed by atoms with Gasteiger partial charge in [-0.3, -0.25) is 19.7 Å². The number of nitro groups is 1. The number of carbonyl (C=O) groups excluding carboxylic acids is 1. The van der Waals surface area contributed by atoms with E-state index in [4.69, 9.17) is 4.74 Å². The Morgan fingerprint density at radius 3 is 2.61 bits per heavy atom. The van der Waals surface area contributed by atoms with Gasteiger partial charge in [-0.1, -0.05) is 18.2 Å². The summed E-state index contributed by atoms with van der Waals surface area (Å²) in [6.45, 7) is 1.03. The van der Waals surface area contributed by atoms with Gasteiger partial charge in [0.1, 0.15) is 17.1 Å². The van der Waals surface area contributed by atoms with Gasteiger partial charge in [0.15, 0.2) is 0 Å². The third-order valence-electron chi connectivity index (χ3n) is 4.21. The van der Waals surface area contributed by atoms with Crippen LogP contribution < -0.4 is 10.1 Å². The molecule has 28 heavy (non-hydrogen) atoms. The minimum absolute atomic E-state index is 0.000966. The second-order valence-corrected chi connectivity index (χ2v) is 6.14. The third kappa shape index (κ3) is 4.81. The number of amides is 1. The monoisotopic (exact) mass is 390 g/mol. The highest BCUT2D eigenvalue weighted by molar-refractivity contribution is 5.98. The summed E-state index contributed by atoms with van der Waals surface area (Å²) in [6.07, 6.45) is 0.0733. The highest BCUT2D eigenvalue weighted by Gasteiger charge is 2.26. The predicted molar refractivity (Wildman–Crippen MR) is 97.9 cm³/mol. The Balaban J connectivity index is 2.20. The molecule has 2 aromatic carbocycles. The molecule has 0 radical (unpaired) electrons. The molecule has 0 aliphatic carbocycles. The molecule has 0 saturated carbocycles. The van der Waals surface area contributed by atoms with Gasteiger partial charge in [0.25, 0.3) is 11.6 Å². The minimum atomic E-state index is -1.16. The summed E-state index contributed by atoms with van der Waals surface area (Å²) in [5.74, 6) is -3.36. The van der Waals surface area contributed by atoms with Crippen molar-refractivity contribution in [2.75, 3.05) is 13.7 Å². The van der Waals surface area contributed by atoms with E-state index in [1.807, 2.05) is 0 Å². The standard InChI is InChI=1S/C19H19FN2O6/c1-11-7-14(20)9-15(17(11)22(26)27)18(23)21-10-13(19(24)25)8-12-5-3-4-6-16(12)28-2/h3-7,9,13H,8,10H2,1-2H3,(H,21,23)(H,24,25). The van der Waals surface area contributed by atoms with Crippen LogP contribution in [0.4, 0.5) is 10.1 Å². The van der Waals surface area contributed by atoms with Crippen molar-refractivity contribution in [2.24, 2.45) is 5.92 Å². The molecule has 1 unspecified atom stereocenters. The molecule has 0 aliphatic rings. The number of methoxy groups -OCH3 is 1. The van der Waals surface area contributed by atoms with E-state index in [1.54, 1.807) is 24.3 Å². The molecule has 0 fully saturated rings. The molecule has 2 aromatic rings. The molecular weight excluding hydrogens is 371 g/mol. The van der Waals surface area contributed by atoms with Crippen LogP contribution in [-0.4, -0.2) is 35.6 Å². The number of halogens is 1. The predicted octanol–water partition coefficient (Wildman–Crippen LogP) is 2.72. The van der Waals surface area contributed by atoms with Crippen molar-refractivity contribution in [2.45, 2.75) is 13.3 Å². The van der Waals surface area contributed by atoms with Crippen molar-refractivity contribution >= 4 is 17.6 Å². The number of nitrogens with zero attached hydrogens (tertiary/aromatic N) is 1. The van der Waals surface area contributed by atoms with Crippen LogP contribution in [0, 0.1) is 28.8 Å². The van der Waals surface area contributed by atoms with Crippen LogP contribution in [0.15, 0.2) is 36.4 Å². The van der Waals surface area contributed by atoms with Crippen LogP contribution in [0.25, 0.3) is 0 Å². The summed E-state index contributed by atoms with van der Waals surface area (Å²) in [7, 11) is 1.46. The summed E-state index contributed by atoms with van der Waals surface area (Å²) >= 11 is 0. The maximum atomic E-state index is 13.6. The molecule has 0 spiro atoms. The lowest BCUT2D eigenvalue weighted by Crippen LogP contribution is -2.34. The largest absolute Gasteiger partial charge is 0.496 e. The molecule has 0 aromatic heterocycles. The molecular formula is C19H19FN2O6. The number of hydrogen-bond donors (Lipinski definition) is 2. The van der Waals surface area contributed by atoms with E-state index >= 15 is 0 Å². The molecule has 2 rings (SSSR count). The number of ether oxygens (including phenoxy) is 1. The van der Waals surface area contributed by atoms with E-state index in [2.05, 4.69) is 5.32 Å². The Bertz CT molecular complexity index is 915. The van der Waals surface area contributed by atoms with Crippen molar-refractivity contribution in [3.05, 3.63) is 69.0 Å². The van der Waals surface area contributed by atoms with Crippen molar-refractivity contribution in [1.29, 1.82) is 0 Å². The van der Waals surface area contributed by atoms with Gasteiger partial charge in [-0.2, -0.15) is 0 Å². The number of aliphatic carboxylic acids is 1. The smallest absolute Gasteiger partial charge is 0.308 e. The first-order valence-corrected chi connectivity index (χ1v) is 8.32. The quantitative estimate of drug-likeness (QED) is 0.528. The Labute approximate surface area is 160 Å². The molecule has 0 saturated heterocycles. The highest BCUT2D eigenvalue weighted by atomic mass is 19.1. The maximum Gasteiger partial charge on any atom is 0.308 e. The van der Waals surface area contributed by atoms with E-state index in [9.17, 15) is 29.2 Å². The molecule has 0 aliphatic heterocycles. The minimum Gasteiger partial charge on any atom is -0.496 e. The lowest BCUT2D eigenvalue weighted by Gasteiger charge is -2.15. The molecule has 8 nitrogen and oxygen atoms in total. The number of para-hydroxylation sites is 1. The second-order valence-electron chi connectivity index (χ2n) is 6.14. The summed E-state index contributed by atoms with van der Waals surface area (Å²) < 4.78 is 18.8. The first-order valence-electron chi connectivity index (χ1n) is 8.32. The van der Waals surface area contributed by atoms with Crippen molar-refractivity contribution in [1.82, 2.24) is 5.32 Å². The zero-order valence-electron chi connectivity index (χ0n) is 15.3. The highest BCUT2D eigenvalue weighted by Crippen LogP contribution is 2.25. The fraction of sp³-hybridized carbons (Fsp3) is 0.263. The van der Waals surface area contributed by atoms with Gasteiger partial charge < -0.3 is 15.2 Å². The molecule has 2 N–H and O–H groups in total. The van der Waals surface area contributed by atoms with Gasteiger partial charge in [-0.25, -0.2) is 4.39 Å². The Morgan fingerprint density at radius 1 is 1.32 bits per heavy atom. The van der Waals surface area contributed by atoms with Crippen LogP contribution in [-0.2, 0) is 11.2 Å². The number of carbonyl (C=O) groups is 2. The van der Waals surface area contributed by atoms with Gasteiger partial charge in [0.05, 0.1) is 18.0 Å². The van der Waals surface area contributed by atoms with Gasteiger partial charge in [-0.05, 0) is 37.1 Å². The van der Waals surface area contributed by atoms with E-state index in [1.165, 1.54) is 14.0 Å². The van der Waals surface area contributed by atoms with Gasteiger partial charge in [0, 0.05) is 12.1 Å². The zero-order valence-corrected chi connectivity index (χ0v) is 15.3. The number of benzene rings is 2. The third-order valence-corrected chi connectivity index (χ3v) is 4.21.